The van der Waals surface area contributed by atoms with Crippen molar-refractivity contribution in [3.05, 3.63) is 92.3 Å². The highest BCUT2D eigenvalue weighted by molar-refractivity contribution is 7.99. The van der Waals surface area contributed by atoms with E-state index in [1.54, 1.807) is 24.8 Å². The second-order valence-corrected chi connectivity index (χ2v) is 9.81. The molecule has 1 aliphatic rings. The molecule has 0 saturated heterocycles. The number of aliphatic hydroxyl groups excluding tert-OH is 1. The number of hydrogen-bond acceptors (Lipinski definition) is 9. The molecular weight excluding hydrogens is 508 g/mol. The summed E-state index contributed by atoms with van der Waals surface area (Å²) in [7, 11) is 1.25. The number of hydrogen-bond donors (Lipinski definition) is 2. The number of methoxy groups -OCH3 is 1. The quantitative estimate of drug-likeness (QED) is 0.130. The number of benzene rings is 2. The van der Waals surface area contributed by atoms with Gasteiger partial charge in [-0.25, -0.2) is 9.59 Å². The van der Waals surface area contributed by atoms with E-state index in [0.717, 1.165) is 16.2 Å². The highest BCUT2D eigenvalue weighted by atomic mass is 32.2. The molecule has 0 saturated carbocycles. The molecule has 2 N–H and O–H groups in total. The Bertz CT molecular complexity index is 1240. The summed E-state index contributed by atoms with van der Waals surface area (Å²) in [6.07, 6.45) is 1.69. The predicted octanol–water partition coefficient (Wildman–Crippen LogP) is 4.65. The van der Waals surface area contributed by atoms with Crippen molar-refractivity contribution in [1.82, 2.24) is 5.32 Å². The minimum atomic E-state index is -0.877. The number of carbonyl (C=O) groups is 2. The lowest BCUT2D eigenvalue weighted by Gasteiger charge is -2.31. The molecule has 2 aromatic carbocycles. The molecule has 0 bridgehead atoms. The van der Waals surface area contributed by atoms with Gasteiger partial charge in [-0.15, -0.1) is 11.8 Å². The van der Waals surface area contributed by atoms with E-state index in [0.29, 0.717) is 36.2 Å². The maximum absolute atomic E-state index is 13.4. The summed E-state index contributed by atoms with van der Waals surface area (Å²) in [5, 5.41) is 23.6. The molecule has 0 aliphatic carbocycles. The Labute approximate surface area is 226 Å². The molecule has 3 rings (SSSR count). The number of thioether (sulfide) groups is 1. The van der Waals surface area contributed by atoms with Gasteiger partial charge in [0.2, 0.25) is 0 Å². The smallest absolute Gasteiger partial charge is 0.336 e. The van der Waals surface area contributed by atoms with E-state index >= 15 is 0 Å². The average Bonchev–Trinajstić information content (AvgIpc) is 2.92. The fraction of sp³-hybridized carbons (Fsp3) is 0.357. The Morgan fingerprint density at radius 3 is 2.50 bits per heavy atom. The molecule has 0 radical (unpaired) electrons. The number of rotatable bonds is 12. The van der Waals surface area contributed by atoms with E-state index in [9.17, 15) is 19.7 Å². The topological polar surface area (TPSA) is 128 Å². The number of nitro benzene ring substituents is 1. The Morgan fingerprint density at radius 1 is 1.13 bits per heavy atom. The third kappa shape index (κ3) is 7.02. The fourth-order valence-electron chi connectivity index (χ4n) is 4.32. The third-order valence-electron chi connectivity index (χ3n) is 6.15. The van der Waals surface area contributed by atoms with Crippen molar-refractivity contribution >= 4 is 29.4 Å². The van der Waals surface area contributed by atoms with Crippen molar-refractivity contribution in [3.63, 3.8) is 0 Å². The minimum absolute atomic E-state index is 0.113. The van der Waals surface area contributed by atoms with Crippen molar-refractivity contribution in [3.8, 4) is 0 Å². The second kappa shape index (κ2) is 13.8. The van der Waals surface area contributed by atoms with Crippen LogP contribution in [-0.4, -0.2) is 48.0 Å². The van der Waals surface area contributed by atoms with E-state index in [1.807, 2.05) is 31.2 Å². The average molecular weight is 541 g/mol. The van der Waals surface area contributed by atoms with Gasteiger partial charge in [-0.1, -0.05) is 31.2 Å². The number of nitro groups is 1. The zero-order valence-electron chi connectivity index (χ0n) is 21.7. The number of carbonyl (C=O) groups excluding carboxylic acids is 2. The van der Waals surface area contributed by atoms with Crippen LogP contribution in [0.25, 0.3) is 0 Å². The van der Waals surface area contributed by atoms with E-state index < -0.39 is 22.8 Å². The Kier molecular flexibility index (Phi) is 10.5. The van der Waals surface area contributed by atoms with E-state index in [1.165, 1.54) is 25.3 Å². The van der Waals surface area contributed by atoms with Crippen LogP contribution in [0.5, 0.6) is 0 Å². The molecule has 0 amide bonds. The first-order valence-corrected chi connectivity index (χ1v) is 13.3. The summed E-state index contributed by atoms with van der Waals surface area (Å²) in [4.78, 5) is 38.2. The summed E-state index contributed by atoms with van der Waals surface area (Å²) in [5.41, 5.74) is 2.91. The zero-order valence-corrected chi connectivity index (χ0v) is 22.5. The van der Waals surface area contributed by atoms with E-state index in [4.69, 9.17) is 14.6 Å². The Morgan fingerprint density at radius 2 is 1.87 bits per heavy atom. The highest BCUT2D eigenvalue weighted by Gasteiger charge is 2.38. The zero-order chi connectivity index (χ0) is 27.7. The molecule has 2 aromatic rings. The normalized spacial score (nSPS) is 15.2. The van der Waals surface area contributed by atoms with Gasteiger partial charge < -0.3 is 19.9 Å². The minimum Gasteiger partial charge on any atom is -0.466 e. The van der Waals surface area contributed by atoms with Gasteiger partial charge in [-0.05, 0) is 49.4 Å². The van der Waals surface area contributed by atoms with Crippen molar-refractivity contribution in [2.24, 2.45) is 0 Å². The van der Waals surface area contributed by atoms with Crippen molar-refractivity contribution in [2.75, 3.05) is 26.1 Å². The molecule has 202 valence electrons. The maximum Gasteiger partial charge on any atom is 0.336 e. The molecule has 1 unspecified atom stereocenters. The number of dihydropyridines is 1. The maximum atomic E-state index is 13.4. The van der Waals surface area contributed by atoms with Crippen LogP contribution in [0.15, 0.2) is 76.0 Å². The highest BCUT2D eigenvalue weighted by Crippen LogP contribution is 2.40. The first-order valence-electron chi connectivity index (χ1n) is 12.3. The van der Waals surface area contributed by atoms with Gasteiger partial charge in [-0.2, -0.15) is 0 Å². The van der Waals surface area contributed by atoms with Gasteiger partial charge in [0.15, 0.2) is 0 Å². The van der Waals surface area contributed by atoms with Crippen molar-refractivity contribution < 1.29 is 29.1 Å². The largest absolute Gasteiger partial charge is 0.466 e. The number of nitrogens with one attached hydrogen (secondary N) is 1. The summed E-state index contributed by atoms with van der Waals surface area (Å²) >= 11 is 1.64. The standard InChI is InChI=1S/C28H32N2O7S/c1-4-23-26(28(33)37-15-6-16-38-22-11-9-19(10-12-22)13-14-31)25(24(18(2)29-23)27(32)36-3)20-7-5-8-21(17-20)30(34)35/h5,7-12,17,25,29,31H,4,6,13-16H2,1-3H3. The molecule has 1 aliphatic heterocycles. The van der Waals surface area contributed by atoms with Crippen molar-refractivity contribution in [1.29, 1.82) is 0 Å². The molecule has 1 heterocycles. The fourth-order valence-corrected chi connectivity index (χ4v) is 5.15. The predicted molar refractivity (Wildman–Crippen MR) is 145 cm³/mol. The number of aliphatic hydroxyl groups is 1. The summed E-state index contributed by atoms with van der Waals surface area (Å²) in [6, 6.07) is 13.9. The Balaban J connectivity index is 1.77. The van der Waals surface area contributed by atoms with Crippen LogP contribution in [-0.2, 0) is 25.5 Å². The lowest BCUT2D eigenvalue weighted by Crippen LogP contribution is -2.33. The number of allylic oxidation sites excluding steroid dienone is 2. The number of ether oxygens (including phenoxy) is 2. The number of non-ortho nitro benzene ring substituents is 1. The second-order valence-electron chi connectivity index (χ2n) is 8.64. The molecule has 0 aromatic heterocycles. The van der Waals surface area contributed by atoms with Gasteiger partial charge in [0, 0.05) is 40.8 Å². The SMILES string of the molecule is CCC1=C(C(=O)OCCCSc2ccc(CCO)cc2)C(c2cccc([N+](=O)[O-])c2)C(C(=O)OC)=C(C)N1. The van der Waals surface area contributed by atoms with Crippen LogP contribution in [0, 0.1) is 10.1 Å². The van der Waals surface area contributed by atoms with Gasteiger partial charge >= 0.3 is 11.9 Å². The van der Waals surface area contributed by atoms with Gasteiger partial charge in [0.25, 0.3) is 5.69 Å². The number of nitrogens with zero attached hydrogens (tertiary/aromatic N) is 1. The van der Waals surface area contributed by atoms with Gasteiger partial charge in [0.1, 0.15) is 0 Å². The number of esters is 2. The van der Waals surface area contributed by atoms with Gasteiger partial charge in [0.05, 0.1) is 35.7 Å². The van der Waals surface area contributed by atoms with E-state index in [-0.39, 0.29) is 30.0 Å². The van der Waals surface area contributed by atoms with Crippen LogP contribution < -0.4 is 5.32 Å². The molecule has 0 spiro atoms. The molecule has 38 heavy (non-hydrogen) atoms. The first kappa shape index (κ1) is 28.9. The summed E-state index contributed by atoms with van der Waals surface area (Å²) < 4.78 is 10.6. The van der Waals surface area contributed by atoms with Crippen LogP contribution in [0.3, 0.4) is 0 Å². The van der Waals surface area contributed by atoms with Crippen LogP contribution in [0.2, 0.25) is 0 Å². The third-order valence-corrected chi connectivity index (χ3v) is 7.25. The van der Waals surface area contributed by atoms with Crippen molar-refractivity contribution in [2.45, 2.75) is 43.9 Å². The lowest BCUT2D eigenvalue weighted by molar-refractivity contribution is -0.384. The molecule has 1 atom stereocenters. The molecule has 10 heteroatoms. The Hall–Kier alpha value is -3.63. The van der Waals surface area contributed by atoms with Crippen LogP contribution >= 0.6 is 11.8 Å². The lowest BCUT2D eigenvalue weighted by atomic mass is 9.79. The van der Waals surface area contributed by atoms with Crippen LogP contribution in [0.4, 0.5) is 5.69 Å². The monoisotopic (exact) mass is 540 g/mol. The molecular formula is C28H32N2O7S. The molecule has 9 nitrogen and oxygen atoms in total. The van der Waals surface area contributed by atoms with Crippen LogP contribution in [0.1, 0.15) is 43.7 Å². The van der Waals surface area contributed by atoms with Gasteiger partial charge in [-0.3, -0.25) is 10.1 Å². The summed E-state index contributed by atoms with van der Waals surface area (Å²) in [6.45, 7) is 3.87. The van der Waals surface area contributed by atoms with E-state index in [2.05, 4.69) is 5.32 Å². The summed E-state index contributed by atoms with van der Waals surface area (Å²) in [5.74, 6) is -1.37. The molecule has 0 fully saturated rings. The first-order chi connectivity index (χ1) is 18.3.